The van der Waals surface area contributed by atoms with E-state index < -0.39 is 0 Å². The molecule has 2 rings (SSSR count). The van der Waals surface area contributed by atoms with Crippen LogP contribution in [-0.4, -0.2) is 14.8 Å². The highest BCUT2D eigenvalue weighted by atomic mass is 32.2. The molecule has 1 aromatic rings. The van der Waals surface area contributed by atoms with Crippen molar-refractivity contribution in [3.8, 4) is 0 Å². The standard InChI is InChI=1S/C14H24N2S/c1-10(2)12-6-5-11(3)9-13(12)17-14-15-7-8-16(14)4/h7-8,10-13H,5-6,9H2,1-4H3/t11-,12+,13+/m1/s1. The molecule has 0 radical (unpaired) electrons. The molecule has 3 heteroatoms. The number of rotatable bonds is 3. The van der Waals surface area contributed by atoms with Gasteiger partial charge in [0.25, 0.3) is 0 Å². The Hall–Kier alpha value is -0.440. The smallest absolute Gasteiger partial charge is 0.167 e. The van der Waals surface area contributed by atoms with E-state index in [1.165, 1.54) is 24.4 Å². The van der Waals surface area contributed by atoms with Crippen molar-refractivity contribution in [1.82, 2.24) is 9.55 Å². The van der Waals surface area contributed by atoms with E-state index in [9.17, 15) is 0 Å². The van der Waals surface area contributed by atoms with Crippen LogP contribution >= 0.6 is 11.8 Å². The van der Waals surface area contributed by atoms with Crippen LogP contribution < -0.4 is 0 Å². The molecule has 1 aliphatic carbocycles. The predicted molar refractivity (Wildman–Crippen MR) is 74.2 cm³/mol. The summed E-state index contributed by atoms with van der Waals surface area (Å²) in [5.41, 5.74) is 0. The Morgan fingerprint density at radius 1 is 1.41 bits per heavy atom. The minimum Gasteiger partial charge on any atom is -0.329 e. The minimum absolute atomic E-state index is 0.750. The van der Waals surface area contributed by atoms with Crippen LogP contribution in [0.15, 0.2) is 17.6 Å². The highest BCUT2D eigenvalue weighted by molar-refractivity contribution is 7.99. The van der Waals surface area contributed by atoms with E-state index in [2.05, 4.69) is 37.4 Å². The normalized spacial score (nSPS) is 29.8. The van der Waals surface area contributed by atoms with Crippen LogP contribution in [0.3, 0.4) is 0 Å². The fourth-order valence-corrected chi connectivity index (χ4v) is 4.52. The van der Waals surface area contributed by atoms with Gasteiger partial charge in [-0.1, -0.05) is 39.0 Å². The van der Waals surface area contributed by atoms with Crippen molar-refractivity contribution in [2.45, 2.75) is 50.4 Å². The molecule has 1 fully saturated rings. The van der Waals surface area contributed by atoms with E-state index in [1.807, 2.05) is 24.2 Å². The van der Waals surface area contributed by atoms with E-state index in [-0.39, 0.29) is 0 Å². The Morgan fingerprint density at radius 3 is 2.76 bits per heavy atom. The molecule has 17 heavy (non-hydrogen) atoms. The monoisotopic (exact) mass is 252 g/mol. The van der Waals surface area contributed by atoms with Gasteiger partial charge >= 0.3 is 0 Å². The van der Waals surface area contributed by atoms with Crippen molar-refractivity contribution in [3.05, 3.63) is 12.4 Å². The number of hydrogen-bond donors (Lipinski definition) is 0. The molecule has 0 bridgehead atoms. The molecule has 96 valence electrons. The minimum atomic E-state index is 0.750. The van der Waals surface area contributed by atoms with Gasteiger partial charge in [-0.05, 0) is 30.6 Å². The number of hydrogen-bond acceptors (Lipinski definition) is 2. The first-order valence-corrected chi connectivity index (χ1v) is 7.60. The maximum atomic E-state index is 4.45. The van der Waals surface area contributed by atoms with Crippen LogP contribution in [0.1, 0.15) is 40.0 Å². The van der Waals surface area contributed by atoms with Crippen molar-refractivity contribution < 1.29 is 0 Å². The third kappa shape index (κ3) is 3.06. The molecule has 1 aromatic heterocycles. The molecule has 0 unspecified atom stereocenters. The van der Waals surface area contributed by atoms with Gasteiger partial charge in [0.15, 0.2) is 5.16 Å². The number of aromatic nitrogens is 2. The van der Waals surface area contributed by atoms with Gasteiger partial charge < -0.3 is 4.57 Å². The third-order valence-electron chi connectivity index (χ3n) is 4.00. The zero-order valence-corrected chi connectivity index (χ0v) is 12.2. The molecule has 0 amide bonds. The van der Waals surface area contributed by atoms with Gasteiger partial charge in [-0.3, -0.25) is 0 Å². The Bertz CT molecular complexity index is 359. The maximum Gasteiger partial charge on any atom is 0.167 e. The van der Waals surface area contributed by atoms with Crippen molar-refractivity contribution in [2.75, 3.05) is 0 Å². The maximum absolute atomic E-state index is 4.45. The lowest BCUT2D eigenvalue weighted by Gasteiger charge is -2.36. The third-order valence-corrected chi connectivity index (χ3v) is 5.44. The highest BCUT2D eigenvalue weighted by Crippen LogP contribution is 2.42. The molecular weight excluding hydrogens is 228 g/mol. The Morgan fingerprint density at radius 2 is 2.18 bits per heavy atom. The summed E-state index contributed by atoms with van der Waals surface area (Å²) in [4.78, 5) is 4.45. The second-order valence-electron chi connectivity index (χ2n) is 5.80. The molecule has 0 spiro atoms. The molecule has 0 saturated heterocycles. The molecular formula is C14H24N2S. The van der Waals surface area contributed by atoms with Crippen LogP contribution in [0, 0.1) is 17.8 Å². The highest BCUT2D eigenvalue weighted by Gasteiger charge is 2.32. The second-order valence-corrected chi connectivity index (χ2v) is 7.01. The van der Waals surface area contributed by atoms with Crippen LogP contribution in [0.5, 0.6) is 0 Å². The van der Waals surface area contributed by atoms with Gasteiger partial charge in [0, 0.05) is 24.7 Å². The van der Waals surface area contributed by atoms with E-state index in [4.69, 9.17) is 0 Å². The van der Waals surface area contributed by atoms with Gasteiger partial charge in [0.05, 0.1) is 0 Å². The average Bonchev–Trinajstić information content (AvgIpc) is 2.64. The molecule has 0 N–H and O–H groups in total. The number of aryl methyl sites for hydroxylation is 1. The zero-order chi connectivity index (χ0) is 12.4. The predicted octanol–water partition coefficient (Wildman–Crippen LogP) is 3.97. The van der Waals surface area contributed by atoms with Crippen LogP contribution in [0.4, 0.5) is 0 Å². The Labute approximate surface area is 109 Å². The van der Waals surface area contributed by atoms with Crippen molar-refractivity contribution >= 4 is 11.8 Å². The summed E-state index contributed by atoms with van der Waals surface area (Å²) in [7, 11) is 2.09. The first kappa shape index (κ1) is 13.0. The molecule has 1 saturated carbocycles. The Balaban J connectivity index is 2.07. The van der Waals surface area contributed by atoms with Crippen LogP contribution in [0.25, 0.3) is 0 Å². The summed E-state index contributed by atoms with van der Waals surface area (Å²) in [6.07, 6.45) is 8.08. The quantitative estimate of drug-likeness (QED) is 0.810. The first-order valence-electron chi connectivity index (χ1n) is 6.72. The van der Waals surface area contributed by atoms with E-state index in [1.54, 1.807) is 0 Å². The summed E-state index contributed by atoms with van der Waals surface area (Å²) < 4.78 is 2.14. The number of thioether (sulfide) groups is 1. The molecule has 0 aliphatic heterocycles. The van der Waals surface area contributed by atoms with Gasteiger partial charge in [0.2, 0.25) is 0 Å². The van der Waals surface area contributed by atoms with E-state index >= 15 is 0 Å². The SMILES string of the molecule is CC(C)[C@@H]1CC[C@@H](C)C[C@@H]1Sc1nccn1C. The Kier molecular flexibility index (Phi) is 4.18. The summed E-state index contributed by atoms with van der Waals surface area (Å²) in [5, 5.41) is 1.93. The largest absolute Gasteiger partial charge is 0.329 e. The number of nitrogens with zero attached hydrogens (tertiary/aromatic N) is 2. The first-order chi connectivity index (χ1) is 8.08. The lowest BCUT2D eigenvalue weighted by Crippen LogP contribution is -2.30. The van der Waals surface area contributed by atoms with Crippen molar-refractivity contribution in [2.24, 2.45) is 24.8 Å². The summed E-state index contributed by atoms with van der Waals surface area (Å²) >= 11 is 1.99. The number of imidazole rings is 1. The summed E-state index contributed by atoms with van der Waals surface area (Å²) in [6.45, 7) is 7.13. The fourth-order valence-electron chi connectivity index (χ4n) is 2.85. The average molecular weight is 252 g/mol. The van der Waals surface area contributed by atoms with Gasteiger partial charge in [0.1, 0.15) is 0 Å². The molecule has 3 atom stereocenters. The van der Waals surface area contributed by atoms with Gasteiger partial charge in [-0.15, -0.1) is 0 Å². The van der Waals surface area contributed by atoms with Crippen molar-refractivity contribution in [3.63, 3.8) is 0 Å². The molecule has 0 aromatic carbocycles. The lowest BCUT2D eigenvalue weighted by molar-refractivity contribution is 0.244. The second kappa shape index (κ2) is 5.47. The van der Waals surface area contributed by atoms with Gasteiger partial charge in [-0.25, -0.2) is 4.98 Å². The van der Waals surface area contributed by atoms with E-state index in [0.717, 1.165) is 23.0 Å². The van der Waals surface area contributed by atoms with E-state index in [0.29, 0.717) is 0 Å². The van der Waals surface area contributed by atoms with Crippen LogP contribution in [-0.2, 0) is 7.05 Å². The van der Waals surface area contributed by atoms with Crippen LogP contribution in [0.2, 0.25) is 0 Å². The summed E-state index contributed by atoms with van der Waals surface area (Å²) in [5.74, 6) is 2.52. The lowest BCUT2D eigenvalue weighted by atomic mass is 9.77. The molecule has 2 nitrogen and oxygen atoms in total. The molecule has 1 aliphatic rings. The zero-order valence-electron chi connectivity index (χ0n) is 11.4. The topological polar surface area (TPSA) is 17.8 Å². The van der Waals surface area contributed by atoms with Gasteiger partial charge in [-0.2, -0.15) is 0 Å². The molecule has 1 heterocycles. The summed E-state index contributed by atoms with van der Waals surface area (Å²) in [6, 6.07) is 0. The van der Waals surface area contributed by atoms with Crippen molar-refractivity contribution in [1.29, 1.82) is 0 Å². The fraction of sp³-hybridized carbons (Fsp3) is 0.786.